The maximum atomic E-state index is 3.89. The summed E-state index contributed by atoms with van der Waals surface area (Å²) in [7, 11) is 0. The fourth-order valence-electron chi connectivity index (χ4n) is 0.441. The van der Waals surface area contributed by atoms with Crippen molar-refractivity contribution in [1.82, 2.24) is 15.2 Å². The van der Waals surface area contributed by atoms with Gasteiger partial charge in [-0.05, 0) is 18.2 Å². The highest BCUT2D eigenvalue weighted by Crippen LogP contribution is 1.69. The largest absolute Gasteiger partial charge is 0.265 e. The van der Waals surface area contributed by atoms with Gasteiger partial charge in [-0.15, -0.1) is 0 Å². The van der Waals surface area contributed by atoms with Gasteiger partial charge in [0.05, 0.1) is 6.20 Å². The van der Waals surface area contributed by atoms with Crippen molar-refractivity contribution >= 4 is 0 Å². The van der Waals surface area contributed by atoms with Gasteiger partial charge in [-0.1, -0.05) is 20.3 Å². The van der Waals surface area contributed by atoms with Crippen molar-refractivity contribution in [3.8, 4) is 0 Å². The zero-order valence-corrected chi connectivity index (χ0v) is 8.09. The maximum absolute atomic E-state index is 3.89. The SMILES string of the molecule is CCC.c1ccnncccnc1. The van der Waals surface area contributed by atoms with Crippen LogP contribution in [0.25, 0.3) is 0 Å². The monoisotopic (exact) mass is 177 g/mol. The van der Waals surface area contributed by atoms with Gasteiger partial charge in [-0.2, -0.15) is 10.2 Å². The third-order valence-electron chi connectivity index (χ3n) is 0.828. The Morgan fingerprint density at radius 2 is 1.23 bits per heavy atom. The van der Waals surface area contributed by atoms with E-state index < -0.39 is 0 Å². The Labute approximate surface area is 79.2 Å². The highest BCUT2D eigenvalue weighted by molar-refractivity contribution is 4.80. The van der Waals surface area contributed by atoms with Gasteiger partial charge in [0.25, 0.3) is 0 Å². The molecule has 0 unspecified atom stereocenters. The van der Waals surface area contributed by atoms with Crippen LogP contribution in [0.15, 0.2) is 43.0 Å². The number of hydrogen-bond acceptors (Lipinski definition) is 3. The first kappa shape index (κ1) is 11.5. The molecule has 0 aliphatic heterocycles. The van der Waals surface area contributed by atoms with Crippen LogP contribution < -0.4 is 0 Å². The second-order valence-corrected chi connectivity index (χ2v) is 2.26. The summed E-state index contributed by atoms with van der Waals surface area (Å²) < 4.78 is 0. The average molecular weight is 177 g/mol. The van der Waals surface area contributed by atoms with Crippen LogP contribution in [0.2, 0.25) is 0 Å². The number of aromatic nitrogens is 3. The Kier molecular flexibility index (Phi) is 9.27. The molecule has 0 saturated carbocycles. The highest BCUT2D eigenvalue weighted by atomic mass is 15.1. The number of nitrogens with zero attached hydrogens (tertiary/aromatic N) is 3. The summed E-state index contributed by atoms with van der Waals surface area (Å²) in [5.41, 5.74) is 0. The summed E-state index contributed by atoms with van der Waals surface area (Å²) in [6, 6.07) is 5.27. The van der Waals surface area contributed by atoms with E-state index in [1.165, 1.54) is 6.42 Å². The van der Waals surface area contributed by atoms with Crippen LogP contribution in [-0.4, -0.2) is 15.2 Å². The van der Waals surface area contributed by atoms with E-state index >= 15 is 0 Å². The molecule has 0 bridgehead atoms. The average Bonchev–Trinajstić information content (AvgIpc) is 2.16. The van der Waals surface area contributed by atoms with Gasteiger partial charge in [0.1, 0.15) is 0 Å². The summed E-state index contributed by atoms with van der Waals surface area (Å²) in [5, 5.41) is 7.34. The number of rotatable bonds is 0. The minimum absolute atomic E-state index is 1.25. The molecule has 0 amide bonds. The first-order chi connectivity index (χ1) is 6.41. The molecule has 0 saturated heterocycles. The Bertz CT molecular complexity index is 162. The predicted octanol–water partition coefficient (Wildman–Crippen LogP) is 2.41. The van der Waals surface area contributed by atoms with Crippen LogP contribution in [0.5, 0.6) is 0 Å². The van der Waals surface area contributed by atoms with E-state index in [9.17, 15) is 0 Å². The lowest BCUT2D eigenvalue weighted by molar-refractivity contribution is 1.04. The molecular formula is C10H15N3. The minimum Gasteiger partial charge on any atom is -0.265 e. The third-order valence-corrected chi connectivity index (χ3v) is 0.828. The molecular weight excluding hydrogens is 162 g/mol. The Hall–Kier alpha value is -1.51. The lowest BCUT2D eigenvalue weighted by atomic mass is 10.6. The van der Waals surface area contributed by atoms with E-state index in [-0.39, 0.29) is 0 Å². The van der Waals surface area contributed by atoms with Crippen LogP contribution in [0.4, 0.5) is 0 Å². The van der Waals surface area contributed by atoms with E-state index in [0.717, 1.165) is 0 Å². The number of hydrogen-bond donors (Lipinski definition) is 0. The van der Waals surface area contributed by atoms with Gasteiger partial charge >= 0.3 is 0 Å². The molecule has 0 radical (unpaired) electrons. The normalized spacial score (nSPS) is 7.54. The quantitative estimate of drug-likeness (QED) is 0.610. The van der Waals surface area contributed by atoms with E-state index in [2.05, 4.69) is 29.0 Å². The molecule has 13 heavy (non-hydrogen) atoms. The molecule has 0 aromatic carbocycles. The molecule has 0 aliphatic carbocycles. The van der Waals surface area contributed by atoms with Crippen molar-refractivity contribution < 1.29 is 0 Å². The van der Waals surface area contributed by atoms with Crippen LogP contribution in [-0.2, 0) is 0 Å². The predicted molar refractivity (Wildman–Crippen MR) is 53.4 cm³/mol. The standard InChI is InChI=1S/C7H7N3.C3H8/c1-2-6-9-10-7-3-5-8-4-1;1-3-2/h1-7H;3H2,1-2H3. The molecule has 0 spiro atoms. The molecule has 0 aliphatic rings. The summed E-state index contributed by atoms with van der Waals surface area (Å²) in [6.45, 7) is 4.25. The molecule has 3 nitrogen and oxygen atoms in total. The summed E-state index contributed by atoms with van der Waals surface area (Å²) in [4.78, 5) is 3.89. The van der Waals surface area contributed by atoms with Crippen molar-refractivity contribution in [2.45, 2.75) is 20.3 Å². The molecule has 1 rings (SSSR count). The molecule has 1 heterocycles. The molecule has 1 aromatic rings. The molecule has 0 fully saturated rings. The lowest BCUT2D eigenvalue weighted by Gasteiger charge is -1.69. The fraction of sp³-hybridized carbons (Fsp3) is 0.300. The van der Waals surface area contributed by atoms with Gasteiger partial charge in [0, 0.05) is 18.6 Å². The van der Waals surface area contributed by atoms with E-state index in [1.54, 1.807) is 43.0 Å². The fourth-order valence-corrected chi connectivity index (χ4v) is 0.441. The smallest absolute Gasteiger partial charge is 0.0510 e. The molecule has 1 aromatic heterocycles. The third kappa shape index (κ3) is 10.5. The minimum atomic E-state index is 1.25. The molecule has 0 atom stereocenters. The Balaban J connectivity index is 0.000000424. The topological polar surface area (TPSA) is 38.7 Å². The van der Waals surface area contributed by atoms with Crippen LogP contribution >= 0.6 is 0 Å². The summed E-state index contributed by atoms with van der Waals surface area (Å²) in [5.74, 6) is 0. The van der Waals surface area contributed by atoms with Crippen LogP contribution in [0.1, 0.15) is 20.3 Å². The van der Waals surface area contributed by atoms with Crippen LogP contribution in [0.3, 0.4) is 0 Å². The van der Waals surface area contributed by atoms with E-state index in [4.69, 9.17) is 0 Å². The molecule has 70 valence electrons. The maximum Gasteiger partial charge on any atom is 0.0510 e. The van der Waals surface area contributed by atoms with Crippen molar-refractivity contribution in [1.29, 1.82) is 0 Å². The van der Waals surface area contributed by atoms with Crippen molar-refractivity contribution in [3.63, 3.8) is 0 Å². The van der Waals surface area contributed by atoms with E-state index in [1.807, 2.05) is 0 Å². The highest BCUT2D eigenvalue weighted by Gasteiger charge is 1.59. The zero-order valence-electron chi connectivity index (χ0n) is 8.09. The Morgan fingerprint density at radius 3 is 1.92 bits per heavy atom. The van der Waals surface area contributed by atoms with E-state index in [0.29, 0.717) is 0 Å². The second kappa shape index (κ2) is 10.5. The van der Waals surface area contributed by atoms with Gasteiger partial charge in [-0.3, -0.25) is 4.98 Å². The van der Waals surface area contributed by atoms with Crippen molar-refractivity contribution in [3.05, 3.63) is 43.0 Å². The Morgan fingerprint density at radius 1 is 0.769 bits per heavy atom. The van der Waals surface area contributed by atoms with Gasteiger partial charge in [0.2, 0.25) is 0 Å². The lowest BCUT2D eigenvalue weighted by Crippen LogP contribution is -1.68. The first-order valence-electron chi connectivity index (χ1n) is 4.31. The van der Waals surface area contributed by atoms with Crippen LogP contribution in [0, 0.1) is 0 Å². The zero-order chi connectivity index (χ0) is 9.78. The van der Waals surface area contributed by atoms with Gasteiger partial charge in [0.15, 0.2) is 0 Å². The summed E-state index contributed by atoms with van der Waals surface area (Å²) >= 11 is 0. The van der Waals surface area contributed by atoms with Gasteiger partial charge in [-0.25, -0.2) is 0 Å². The summed E-state index contributed by atoms with van der Waals surface area (Å²) in [6.07, 6.45) is 7.76. The van der Waals surface area contributed by atoms with Crippen molar-refractivity contribution in [2.24, 2.45) is 0 Å². The van der Waals surface area contributed by atoms with Gasteiger partial charge < -0.3 is 0 Å². The second-order valence-electron chi connectivity index (χ2n) is 2.26. The molecule has 3 heteroatoms. The van der Waals surface area contributed by atoms with Crippen molar-refractivity contribution in [2.75, 3.05) is 0 Å². The first-order valence-corrected chi connectivity index (χ1v) is 4.31. The molecule has 0 N–H and O–H groups in total.